The minimum Gasteiger partial charge on any atom is -0.298 e. The second-order valence-corrected chi connectivity index (χ2v) is 6.52. The summed E-state index contributed by atoms with van der Waals surface area (Å²) in [6.07, 6.45) is 0.177. The highest BCUT2D eigenvalue weighted by molar-refractivity contribution is 7.85. The lowest BCUT2D eigenvalue weighted by Crippen LogP contribution is -2.14. The van der Waals surface area contributed by atoms with E-state index in [1.54, 1.807) is 12.1 Å². The van der Waals surface area contributed by atoms with E-state index in [1.165, 1.54) is 12.1 Å². The van der Waals surface area contributed by atoms with Gasteiger partial charge >= 0.3 is 0 Å². The Morgan fingerprint density at radius 2 is 1.76 bits per heavy atom. The largest absolute Gasteiger partial charge is 0.298 e. The summed E-state index contributed by atoms with van der Waals surface area (Å²) in [6, 6.07) is 11.5. The number of rotatable bonds is 5. The number of hydrogen-bond donors (Lipinski definition) is 0. The number of hydrogen-bond acceptors (Lipinski definition) is 2. The number of carbonyl (C=O) groups excluding carboxylic acids is 1. The van der Waals surface area contributed by atoms with Crippen LogP contribution in [0.4, 0.5) is 4.39 Å². The van der Waals surface area contributed by atoms with Crippen LogP contribution in [0.2, 0.25) is 0 Å². The van der Waals surface area contributed by atoms with E-state index in [-0.39, 0.29) is 23.8 Å². The van der Waals surface area contributed by atoms with E-state index in [0.717, 1.165) is 16.7 Å². The highest BCUT2D eigenvalue weighted by Crippen LogP contribution is 2.16. The topological polar surface area (TPSA) is 34.1 Å². The number of halogens is 1. The summed E-state index contributed by atoms with van der Waals surface area (Å²) in [4.78, 5) is 12.7. The van der Waals surface area contributed by atoms with Crippen molar-refractivity contribution in [3.63, 3.8) is 0 Å². The first kappa shape index (κ1) is 15.6. The molecular formula is C17H17FO2S. The Kier molecular flexibility index (Phi) is 5.02. The van der Waals surface area contributed by atoms with Gasteiger partial charge in [0.25, 0.3) is 0 Å². The van der Waals surface area contributed by atoms with Crippen LogP contribution in [-0.4, -0.2) is 15.7 Å². The summed E-state index contributed by atoms with van der Waals surface area (Å²) in [6.45, 7) is 3.82. The zero-order chi connectivity index (χ0) is 15.4. The Morgan fingerprint density at radius 1 is 1.10 bits per heavy atom. The normalized spacial score (nSPS) is 12.1. The monoisotopic (exact) mass is 304 g/mol. The Morgan fingerprint density at radius 3 is 2.43 bits per heavy atom. The molecule has 0 heterocycles. The van der Waals surface area contributed by atoms with Gasteiger partial charge < -0.3 is 0 Å². The first-order chi connectivity index (χ1) is 9.95. The summed E-state index contributed by atoms with van der Waals surface area (Å²) < 4.78 is 25.1. The maximum atomic E-state index is 12.8. The van der Waals surface area contributed by atoms with Crippen molar-refractivity contribution in [3.05, 3.63) is 65.0 Å². The Balaban J connectivity index is 2.03. The lowest BCUT2D eigenvalue weighted by molar-refractivity contribution is -0.116. The Labute approximate surface area is 126 Å². The molecule has 0 bridgehead atoms. The van der Waals surface area contributed by atoms with Gasteiger partial charge in [0.1, 0.15) is 11.6 Å². The van der Waals surface area contributed by atoms with Crippen LogP contribution < -0.4 is 0 Å². The molecule has 0 aliphatic heterocycles. The minimum absolute atomic E-state index is 0.0122. The van der Waals surface area contributed by atoms with Crippen LogP contribution in [0.25, 0.3) is 0 Å². The lowest BCUT2D eigenvalue weighted by Gasteiger charge is -2.07. The van der Waals surface area contributed by atoms with Gasteiger partial charge in [-0.05, 0) is 48.7 Å². The van der Waals surface area contributed by atoms with E-state index >= 15 is 0 Å². The molecule has 0 saturated heterocycles. The van der Waals surface area contributed by atoms with Crippen molar-refractivity contribution in [1.29, 1.82) is 0 Å². The minimum atomic E-state index is -1.34. The molecule has 0 amide bonds. The van der Waals surface area contributed by atoms with Crippen LogP contribution in [0.15, 0.2) is 47.4 Å². The van der Waals surface area contributed by atoms with Gasteiger partial charge in [-0.2, -0.15) is 0 Å². The molecule has 110 valence electrons. The molecule has 0 aliphatic rings. The van der Waals surface area contributed by atoms with E-state index in [9.17, 15) is 13.4 Å². The molecule has 0 aromatic heterocycles. The molecule has 1 unspecified atom stereocenters. The van der Waals surface area contributed by atoms with Crippen molar-refractivity contribution >= 4 is 16.6 Å². The molecule has 2 nitrogen and oxygen atoms in total. The summed E-state index contributed by atoms with van der Waals surface area (Å²) >= 11 is 0. The maximum absolute atomic E-state index is 12.8. The molecule has 4 heteroatoms. The standard InChI is InChI=1S/C17H17FO2S/c1-12-3-4-13(2)17(9-12)21(20)11-16(19)10-14-5-7-15(18)8-6-14/h3-9H,10-11H2,1-2H3. The van der Waals surface area contributed by atoms with Crippen molar-refractivity contribution in [3.8, 4) is 0 Å². The molecular weight excluding hydrogens is 287 g/mol. The molecule has 1 atom stereocenters. The number of benzene rings is 2. The molecule has 0 fully saturated rings. The number of Topliss-reactive ketones (excluding diaryl/α,β-unsaturated/α-hetero) is 1. The van der Waals surface area contributed by atoms with Gasteiger partial charge in [-0.15, -0.1) is 0 Å². The van der Waals surface area contributed by atoms with Gasteiger partial charge in [-0.3, -0.25) is 9.00 Å². The average molecular weight is 304 g/mol. The van der Waals surface area contributed by atoms with E-state index in [4.69, 9.17) is 0 Å². The van der Waals surface area contributed by atoms with E-state index < -0.39 is 10.8 Å². The zero-order valence-corrected chi connectivity index (χ0v) is 12.9. The molecule has 0 spiro atoms. The molecule has 0 aliphatic carbocycles. The van der Waals surface area contributed by atoms with Crippen molar-refractivity contribution in [1.82, 2.24) is 0 Å². The summed E-state index contributed by atoms with van der Waals surface area (Å²) in [5.41, 5.74) is 2.68. The van der Waals surface area contributed by atoms with Crippen LogP contribution in [0.1, 0.15) is 16.7 Å². The molecule has 2 aromatic carbocycles. The van der Waals surface area contributed by atoms with Crippen molar-refractivity contribution in [2.75, 3.05) is 5.75 Å². The van der Waals surface area contributed by atoms with Crippen molar-refractivity contribution in [2.45, 2.75) is 25.2 Å². The predicted octanol–water partition coefficient (Wildman–Crippen LogP) is 3.36. The maximum Gasteiger partial charge on any atom is 0.150 e. The van der Waals surface area contributed by atoms with Crippen molar-refractivity contribution in [2.24, 2.45) is 0 Å². The van der Waals surface area contributed by atoms with Crippen LogP contribution in [-0.2, 0) is 22.0 Å². The van der Waals surface area contributed by atoms with E-state index in [1.807, 2.05) is 32.0 Å². The summed E-state index contributed by atoms with van der Waals surface area (Å²) in [5.74, 6) is -0.451. The number of ketones is 1. The molecule has 0 radical (unpaired) electrons. The van der Waals surface area contributed by atoms with Gasteiger partial charge in [0.2, 0.25) is 0 Å². The number of carbonyl (C=O) groups is 1. The van der Waals surface area contributed by atoms with Crippen LogP contribution in [0.5, 0.6) is 0 Å². The molecule has 0 N–H and O–H groups in total. The fraction of sp³-hybridized carbons (Fsp3) is 0.235. The van der Waals surface area contributed by atoms with Crippen LogP contribution in [0, 0.1) is 19.7 Å². The SMILES string of the molecule is Cc1ccc(C)c(S(=O)CC(=O)Cc2ccc(F)cc2)c1. The van der Waals surface area contributed by atoms with Gasteiger partial charge in [-0.25, -0.2) is 4.39 Å². The zero-order valence-electron chi connectivity index (χ0n) is 12.1. The first-order valence-corrected chi connectivity index (χ1v) is 7.99. The fourth-order valence-electron chi connectivity index (χ4n) is 2.06. The highest BCUT2D eigenvalue weighted by Gasteiger charge is 2.13. The molecule has 2 rings (SSSR count). The quantitative estimate of drug-likeness (QED) is 0.849. The smallest absolute Gasteiger partial charge is 0.150 e. The van der Waals surface area contributed by atoms with Crippen molar-refractivity contribution < 1.29 is 13.4 Å². The van der Waals surface area contributed by atoms with E-state index in [0.29, 0.717) is 4.90 Å². The molecule has 21 heavy (non-hydrogen) atoms. The van der Waals surface area contributed by atoms with Gasteiger partial charge in [-0.1, -0.05) is 24.3 Å². The Bertz CT molecular complexity index is 678. The average Bonchev–Trinajstić information content (AvgIpc) is 2.44. The second kappa shape index (κ2) is 6.76. The number of aryl methyl sites for hydroxylation is 2. The molecule has 2 aromatic rings. The summed E-state index contributed by atoms with van der Waals surface area (Å²) in [5, 5.41) is 0. The van der Waals surface area contributed by atoms with Crippen LogP contribution >= 0.6 is 0 Å². The van der Waals surface area contributed by atoms with Gasteiger partial charge in [0, 0.05) is 11.3 Å². The first-order valence-electron chi connectivity index (χ1n) is 6.67. The van der Waals surface area contributed by atoms with Gasteiger partial charge in [0.15, 0.2) is 0 Å². The predicted molar refractivity (Wildman–Crippen MR) is 82.3 cm³/mol. The third kappa shape index (κ3) is 4.33. The molecule has 0 saturated carbocycles. The highest BCUT2D eigenvalue weighted by atomic mass is 32.2. The van der Waals surface area contributed by atoms with Crippen LogP contribution in [0.3, 0.4) is 0 Å². The third-order valence-electron chi connectivity index (χ3n) is 3.20. The third-order valence-corrected chi connectivity index (χ3v) is 4.71. The second-order valence-electron chi connectivity index (χ2n) is 5.10. The fourth-order valence-corrected chi connectivity index (χ4v) is 3.35. The Hall–Kier alpha value is -1.81. The van der Waals surface area contributed by atoms with E-state index in [2.05, 4.69) is 0 Å². The van der Waals surface area contributed by atoms with Gasteiger partial charge in [0.05, 0.1) is 16.6 Å². The lowest BCUT2D eigenvalue weighted by atomic mass is 10.1. The summed E-state index contributed by atoms with van der Waals surface area (Å²) in [7, 11) is -1.34.